The fourth-order valence-electron chi connectivity index (χ4n) is 2.30. The van der Waals surface area contributed by atoms with Crippen molar-refractivity contribution in [3.05, 3.63) is 24.3 Å². The quantitative estimate of drug-likeness (QED) is 0.813. The molecule has 5 heteroatoms. The van der Waals surface area contributed by atoms with E-state index in [1.807, 2.05) is 30.0 Å². The highest BCUT2D eigenvalue weighted by Gasteiger charge is 2.24. The third-order valence-corrected chi connectivity index (χ3v) is 5.54. The van der Waals surface area contributed by atoms with Crippen LogP contribution in [0, 0.1) is 0 Å². The number of para-hydroxylation sites is 1. The van der Waals surface area contributed by atoms with Crippen LogP contribution in [-0.4, -0.2) is 34.1 Å². The van der Waals surface area contributed by atoms with E-state index in [0.29, 0.717) is 0 Å². The van der Waals surface area contributed by atoms with Crippen LogP contribution in [0.1, 0.15) is 19.8 Å². The van der Waals surface area contributed by atoms with Gasteiger partial charge < -0.3 is 4.90 Å². The Morgan fingerprint density at radius 1 is 1.37 bits per heavy atom. The summed E-state index contributed by atoms with van der Waals surface area (Å²) in [6.07, 6.45) is 2.29. The smallest absolute Gasteiger partial charge is 0.235 e. The molecule has 3 rings (SSSR count). The minimum Gasteiger partial charge on any atom is -0.342 e. The van der Waals surface area contributed by atoms with Crippen molar-refractivity contribution in [1.29, 1.82) is 0 Å². The molecule has 1 atom stereocenters. The predicted molar refractivity (Wildman–Crippen MR) is 80.8 cm³/mol. The summed E-state index contributed by atoms with van der Waals surface area (Å²) in [6, 6.07) is 8.11. The van der Waals surface area contributed by atoms with Crippen LogP contribution >= 0.6 is 23.1 Å². The molecule has 0 N–H and O–H groups in total. The highest BCUT2D eigenvalue weighted by Crippen LogP contribution is 2.32. The van der Waals surface area contributed by atoms with Crippen molar-refractivity contribution < 1.29 is 4.79 Å². The molecule has 1 aromatic heterocycles. The summed E-state index contributed by atoms with van der Waals surface area (Å²) in [6.45, 7) is 3.82. The van der Waals surface area contributed by atoms with E-state index in [1.54, 1.807) is 23.1 Å². The van der Waals surface area contributed by atoms with Crippen LogP contribution in [0.4, 0.5) is 0 Å². The van der Waals surface area contributed by atoms with Crippen LogP contribution in [0.25, 0.3) is 10.2 Å². The van der Waals surface area contributed by atoms with Gasteiger partial charge in [0.25, 0.3) is 0 Å². The van der Waals surface area contributed by atoms with Crippen molar-refractivity contribution in [2.45, 2.75) is 29.4 Å². The summed E-state index contributed by atoms with van der Waals surface area (Å²) in [4.78, 5) is 18.8. The topological polar surface area (TPSA) is 33.2 Å². The molecule has 0 bridgehead atoms. The number of amides is 1. The van der Waals surface area contributed by atoms with Crippen LogP contribution in [0.5, 0.6) is 0 Å². The van der Waals surface area contributed by atoms with Gasteiger partial charge in [0.1, 0.15) is 0 Å². The minimum atomic E-state index is -0.0429. The van der Waals surface area contributed by atoms with Crippen molar-refractivity contribution >= 4 is 39.2 Å². The zero-order valence-corrected chi connectivity index (χ0v) is 12.5. The molecule has 1 aliphatic heterocycles. The summed E-state index contributed by atoms with van der Waals surface area (Å²) < 4.78 is 2.17. The summed E-state index contributed by atoms with van der Waals surface area (Å²) >= 11 is 3.25. The van der Waals surface area contributed by atoms with E-state index in [4.69, 9.17) is 0 Å². The normalized spacial score (nSPS) is 17.0. The van der Waals surface area contributed by atoms with Gasteiger partial charge in [0, 0.05) is 13.1 Å². The standard InChI is InChI=1S/C14H16N2OS2/c1-10(13(17)16-8-4-5-9-16)18-14-15-11-6-2-3-7-12(11)19-14/h2-3,6-7,10H,4-5,8-9H2,1H3. The molecule has 2 heterocycles. The molecule has 0 aliphatic carbocycles. The van der Waals surface area contributed by atoms with E-state index in [2.05, 4.69) is 11.1 Å². The van der Waals surface area contributed by atoms with Crippen molar-refractivity contribution in [3.63, 3.8) is 0 Å². The van der Waals surface area contributed by atoms with E-state index in [0.717, 1.165) is 35.8 Å². The number of hydrogen-bond acceptors (Lipinski definition) is 4. The van der Waals surface area contributed by atoms with Gasteiger partial charge in [-0.1, -0.05) is 23.9 Å². The molecule has 1 aromatic carbocycles. The van der Waals surface area contributed by atoms with E-state index in [-0.39, 0.29) is 11.2 Å². The Hall–Kier alpha value is -1.07. The van der Waals surface area contributed by atoms with Crippen LogP contribution in [0.3, 0.4) is 0 Å². The van der Waals surface area contributed by atoms with Crippen LogP contribution in [-0.2, 0) is 4.79 Å². The molecule has 100 valence electrons. The number of thioether (sulfide) groups is 1. The molecule has 3 nitrogen and oxygen atoms in total. The molecular formula is C14H16N2OS2. The Morgan fingerprint density at radius 2 is 2.11 bits per heavy atom. The number of benzene rings is 1. The first-order chi connectivity index (χ1) is 9.24. The largest absolute Gasteiger partial charge is 0.342 e. The summed E-state index contributed by atoms with van der Waals surface area (Å²) in [5.41, 5.74) is 1.02. The minimum absolute atomic E-state index is 0.0429. The Labute approximate surface area is 121 Å². The van der Waals surface area contributed by atoms with E-state index in [1.165, 1.54) is 4.70 Å². The molecule has 19 heavy (non-hydrogen) atoms. The number of aromatic nitrogens is 1. The third-order valence-electron chi connectivity index (χ3n) is 3.32. The van der Waals surface area contributed by atoms with Gasteiger partial charge in [0.05, 0.1) is 15.5 Å². The Morgan fingerprint density at radius 3 is 2.84 bits per heavy atom. The van der Waals surface area contributed by atoms with Crippen molar-refractivity contribution in [3.8, 4) is 0 Å². The number of carbonyl (C=O) groups excluding carboxylic acids is 1. The summed E-state index contributed by atoms with van der Waals surface area (Å²) in [5, 5.41) is -0.0429. The molecule has 0 spiro atoms. The number of rotatable bonds is 3. The molecular weight excluding hydrogens is 276 g/mol. The fourth-order valence-corrected chi connectivity index (χ4v) is 4.59. The van der Waals surface area contributed by atoms with Gasteiger partial charge >= 0.3 is 0 Å². The summed E-state index contributed by atoms with van der Waals surface area (Å²) in [7, 11) is 0. The van der Waals surface area contributed by atoms with E-state index < -0.39 is 0 Å². The molecule has 0 radical (unpaired) electrons. The van der Waals surface area contributed by atoms with Gasteiger partial charge in [-0.3, -0.25) is 4.79 Å². The molecule has 1 aliphatic rings. The maximum absolute atomic E-state index is 12.2. The molecule has 2 aromatic rings. The average Bonchev–Trinajstić information content (AvgIpc) is 3.06. The van der Waals surface area contributed by atoms with Gasteiger partial charge in [-0.2, -0.15) is 0 Å². The van der Waals surface area contributed by atoms with Gasteiger partial charge in [-0.25, -0.2) is 4.98 Å². The average molecular weight is 292 g/mol. The Kier molecular flexibility index (Phi) is 3.75. The van der Waals surface area contributed by atoms with Crippen LogP contribution in [0.2, 0.25) is 0 Å². The molecule has 1 amide bonds. The number of likely N-dealkylation sites (tertiary alicyclic amines) is 1. The SMILES string of the molecule is CC(Sc1nc2ccccc2s1)C(=O)N1CCCC1. The van der Waals surface area contributed by atoms with Crippen molar-refractivity contribution in [2.75, 3.05) is 13.1 Å². The third kappa shape index (κ3) is 2.77. The highest BCUT2D eigenvalue weighted by molar-refractivity contribution is 8.02. The Balaban J connectivity index is 1.71. The lowest BCUT2D eigenvalue weighted by molar-refractivity contribution is -0.129. The van der Waals surface area contributed by atoms with Gasteiger partial charge in [0.2, 0.25) is 5.91 Å². The summed E-state index contributed by atoms with van der Waals surface area (Å²) in [5.74, 6) is 0.252. The number of hydrogen-bond donors (Lipinski definition) is 0. The maximum atomic E-state index is 12.2. The van der Waals surface area contributed by atoms with Gasteiger partial charge in [-0.05, 0) is 31.9 Å². The lowest BCUT2D eigenvalue weighted by Gasteiger charge is -2.18. The zero-order valence-electron chi connectivity index (χ0n) is 10.8. The van der Waals surface area contributed by atoms with Gasteiger partial charge in [0.15, 0.2) is 4.34 Å². The predicted octanol–water partition coefficient (Wildman–Crippen LogP) is 3.40. The van der Waals surface area contributed by atoms with Crippen LogP contribution < -0.4 is 0 Å². The molecule has 1 fully saturated rings. The lowest BCUT2D eigenvalue weighted by Crippen LogP contribution is -2.33. The first kappa shape index (κ1) is 12.9. The monoisotopic (exact) mass is 292 g/mol. The molecule has 1 unspecified atom stereocenters. The fraction of sp³-hybridized carbons (Fsp3) is 0.429. The van der Waals surface area contributed by atoms with E-state index in [9.17, 15) is 4.79 Å². The number of carbonyl (C=O) groups is 1. The first-order valence-electron chi connectivity index (χ1n) is 6.55. The molecule has 0 saturated carbocycles. The van der Waals surface area contributed by atoms with E-state index >= 15 is 0 Å². The lowest BCUT2D eigenvalue weighted by atomic mass is 10.3. The Bertz CT molecular complexity index is 557. The second kappa shape index (κ2) is 5.51. The zero-order chi connectivity index (χ0) is 13.2. The number of nitrogens with zero attached hydrogens (tertiary/aromatic N) is 2. The second-order valence-corrected chi connectivity index (χ2v) is 7.36. The number of fused-ring (bicyclic) bond motifs is 1. The number of thiazole rings is 1. The molecule has 1 saturated heterocycles. The van der Waals surface area contributed by atoms with Gasteiger partial charge in [-0.15, -0.1) is 11.3 Å². The second-order valence-electron chi connectivity index (χ2n) is 4.74. The van der Waals surface area contributed by atoms with Crippen molar-refractivity contribution in [1.82, 2.24) is 9.88 Å². The maximum Gasteiger partial charge on any atom is 0.235 e. The first-order valence-corrected chi connectivity index (χ1v) is 8.24. The highest BCUT2D eigenvalue weighted by atomic mass is 32.2. The van der Waals surface area contributed by atoms with Crippen molar-refractivity contribution in [2.24, 2.45) is 0 Å². The van der Waals surface area contributed by atoms with Crippen LogP contribution in [0.15, 0.2) is 28.6 Å².